The summed E-state index contributed by atoms with van der Waals surface area (Å²) in [5, 5.41) is 0. The highest BCUT2D eigenvalue weighted by Crippen LogP contribution is 2.28. The van der Waals surface area contributed by atoms with Crippen molar-refractivity contribution < 1.29 is 33.3 Å². The van der Waals surface area contributed by atoms with Gasteiger partial charge in [0.1, 0.15) is 18.1 Å². The summed E-state index contributed by atoms with van der Waals surface area (Å²) in [5.41, 5.74) is 0.494. The SMILES string of the molecule is C=CCOc1ccc(C(=O)OCC(=O)c2cc(OC)ccc2OC)cc1OC. The van der Waals surface area contributed by atoms with Crippen LogP contribution in [0.2, 0.25) is 0 Å². The number of methoxy groups -OCH3 is 3. The Kier molecular flexibility index (Phi) is 7.45. The first-order valence-corrected chi connectivity index (χ1v) is 8.38. The highest BCUT2D eigenvalue weighted by molar-refractivity contribution is 6.01. The van der Waals surface area contributed by atoms with Crippen molar-refractivity contribution in [3.05, 3.63) is 60.2 Å². The number of hydrogen-bond donors (Lipinski definition) is 0. The van der Waals surface area contributed by atoms with Gasteiger partial charge in [0, 0.05) is 0 Å². The number of carbonyl (C=O) groups excluding carboxylic acids is 2. The molecule has 0 atom stereocenters. The van der Waals surface area contributed by atoms with E-state index in [2.05, 4.69) is 6.58 Å². The first-order valence-electron chi connectivity index (χ1n) is 8.38. The lowest BCUT2D eigenvalue weighted by Gasteiger charge is -2.12. The second-order valence-corrected chi connectivity index (χ2v) is 5.53. The van der Waals surface area contributed by atoms with Crippen molar-refractivity contribution in [1.82, 2.24) is 0 Å². The van der Waals surface area contributed by atoms with Crippen LogP contribution in [0.15, 0.2) is 49.1 Å². The molecular weight excluding hydrogens is 364 g/mol. The van der Waals surface area contributed by atoms with E-state index in [4.69, 9.17) is 23.7 Å². The van der Waals surface area contributed by atoms with Crippen LogP contribution in [0, 0.1) is 0 Å². The zero-order valence-electron chi connectivity index (χ0n) is 16.0. The molecule has 0 spiro atoms. The maximum Gasteiger partial charge on any atom is 0.338 e. The molecule has 0 amide bonds. The average molecular weight is 386 g/mol. The smallest absolute Gasteiger partial charge is 0.338 e. The standard InChI is InChI=1S/C21H22O7/c1-5-10-27-19-8-6-14(11-20(19)26-4)21(23)28-13-17(22)16-12-15(24-2)7-9-18(16)25-3/h5-9,11-12H,1,10,13H2,2-4H3. The van der Waals surface area contributed by atoms with E-state index in [0.717, 1.165) is 0 Å². The van der Waals surface area contributed by atoms with Gasteiger partial charge in [0.15, 0.2) is 18.1 Å². The van der Waals surface area contributed by atoms with Crippen molar-refractivity contribution in [3.63, 3.8) is 0 Å². The second-order valence-electron chi connectivity index (χ2n) is 5.53. The monoisotopic (exact) mass is 386 g/mol. The molecule has 0 radical (unpaired) electrons. The Morgan fingerprint density at radius 1 is 0.929 bits per heavy atom. The Bertz CT molecular complexity index is 858. The van der Waals surface area contributed by atoms with Gasteiger partial charge in [-0.3, -0.25) is 4.79 Å². The van der Waals surface area contributed by atoms with Gasteiger partial charge in [0.25, 0.3) is 0 Å². The number of ether oxygens (including phenoxy) is 5. The lowest BCUT2D eigenvalue weighted by Crippen LogP contribution is -2.15. The topological polar surface area (TPSA) is 80.3 Å². The molecule has 148 valence electrons. The van der Waals surface area contributed by atoms with Crippen molar-refractivity contribution in [2.24, 2.45) is 0 Å². The van der Waals surface area contributed by atoms with E-state index in [9.17, 15) is 9.59 Å². The van der Waals surface area contributed by atoms with E-state index in [1.807, 2.05) is 0 Å². The van der Waals surface area contributed by atoms with Gasteiger partial charge in [-0.05, 0) is 36.4 Å². The first-order chi connectivity index (χ1) is 13.5. The predicted molar refractivity (Wildman–Crippen MR) is 103 cm³/mol. The van der Waals surface area contributed by atoms with Gasteiger partial charge in [0.05, 0.1) is 32.5 Å². The van der Waals surface area contributed by atoms with Crippen LogP contribution < -0.4 is 18.9 Å². The molecule has 7 heteroatoms. The van der Waals surface area contributed by atoms with Crippen LogP contribution in [0.1, 0.15) is 20.7 Å². The Balaban J connectivity index is 2.09. The van der Waals surface area contributed by atoms with Crippen LogP contribution in [0.3, 0.4) is 0 Å². The third-order valence-electron chi connectivity index (χ3n) is 3.80. The molecule has 0 bridgehead atoms. The summed E-state index contributed by atoms with van der Waals surface area (Å²) in [4.78, 5) is 24.8. The molecule has 0 N–H and O–H groups in total. The van der Waals surface area contributed by atoms with Crippen LogP contribution in [-0.4, -0.2) is 46.3 Å². The Hall–Kier alpha value is -3.48. The second kappa shape index (κ2) is 10.0. The largest absolute Gasteiger partial charge is 0.497 e. The van der Waals surface area contributed by atoms with Crippen molar-refractivity contribution in [3.8, 4) is 23.0 Å². The van der Waals surface area contributed by atoms with Gasteiger partial charge in [-0.2, -0.15) is 0 Å². The molecule has 0 aromatic heterocycles. The van der Waals surface area contributed by atoms with Crippen LogP contribution in [-0.2, 0) is 4.74 Å². The van der Waals surface area contributed by atoms with E-state index >= 15 is 0 Å². The first kappa shape index (κ1) is 20.8. The maximum atomic E-state index is 12.5. The summed E-state index contributed by atoms with van der Waals surface area (Å²) in [7, 11) is 4.41. The normalized spacial score (nSPS) is 9.96. The molecular formula is C21H22O7. The van der Waals surface area contributed by atoms with Crippen molar-refractivity contribution in [2.75, 3.05) is 34.5 Å². The number of hydrogen-bond acceptors (Lipinski definition) is 7. The van der Waals surface area contributed by atoms with Gasteiger partial charge in [-0.25, -0.2) is 4.79 Å². The summed E-state index contributed by atoms with van der Waals surface area (Å²) in [6.07, 6.45) is 1.60. The lowest BCUT2D eigenvalue weighted by molar-refractivity contribution is 0.0473. The van der Waals surface area contributed by atoms with E-state index in [1.165, 1.54) is 39.5 Å². The third-order valence-corrected chi connectivity index (χ3v) is 3.80. The van der Waals surface area contributed by atoms with E-state index in [0.29, 0.717) is 29.6 Å². The fourth-order valence-corrected chi connectivity index (χ4v) is 2.39. The molecule has 0 unspecified atom stereocenters. The predicted octanol–water partition coefficient (Wildman–Crippen LogP) is 3.32. The van der Waals surface area contributed by atoms with E-state index < -0.39 is 18.4 Å². The Morgan fingerprint density at radius 2 is 1.64 bits per heavy atom. The molecule has 28 heavy (non-hydrogen) atoms. The van der Waals surface area contributed by atoms with Gasteiger partial charge in [-0.15, -0.1) is 0 Å². The van der Waals surface area contributed by atoms with Crippen molar-refractivity contribution in [1.29, 1.82) is 0 Å². The molecule has 0 heterocycles. The molecule has 0 saturated carbocycles. The number of Topliss-reactive ketones (excluding diaryl/α,β-unsaturated/α-hetero) is 1. The lowest BCUT2D eigenvalue weighted by atomic mass is 10.1. The molecule has 0 aliphatic carbocycles. The number of benzene rings is 2. The molecule has 0 aliphatic heterocycles. The Morgan fingerprint density at radius 3 is 2.29 bits per heavy atom. The minimum absolute atomic E-state index is 0.230. The highest BCUT2D eigenvalue weighted by atomic mass is 16.5. The molecule has 2 aromatic carbocycles. The number of ketones is 1. The summed E-state index contributed by atoms with van der Waals surface area (Å²) in [5.74, 6) is 0.626. The van der Waals surface area contributed by atoms with Crippen molar-refractivity contribution in [2.45, 2.75) is 0 Å². The van der Waals surface area contributed by atoms with E-state index in [1.54, 1.807) is 24.3 Å². The van der Waals surface area contributed by atoms with Crippen molar-refractivity contribution >= 4 is 11.8 Å². The fourth-order valence-electron chi connectivity index (χ4n) is 2.39. The van der Waals surface area contributed by atoms with E-state index in [-0.39, 0.29) is 11.1 Å². The summed E-state index contributed by atoms with van der Waals surface area (Å²) >= 11 is 0. The zero-order chi connectivity index (χ0) is 20.5. The van der Waals surface area contributed by atoms with Gasteiger partial charge in [-0.1, -0.05) is 12.7 Å². The fraction of sp³-hybridized carbons (Fsp3) is 0.238. The number of rotatable bonds is 10. The minimum Gasteiger partial charge on any atom is -0.497 e. The molecule has 2 rings (SSSR count). The minimum atomic E-state index is -0.663. The molecule has 0 saturated heterocycles. The molecule has 0 aliphatic rings. The molecule has 2 aromatic rings. The Labute approximate surface area is 163 Å². The van der Waals surface area contributed by atoms with Gasteiger partial charge in [0.2, 0.25) is 5.78 Å². The number of carbonyl (C=O) groups is 2. The van der Waals surface area contributed by atoms with Crippen LogP contribution in [0.25, 0.3) is 0 Å². The average Bonchev–Trinajstić information content (AvgIpc) is 2.74. The summed E-state index contributed by atoms with van der Waals surface area (Å²) in [6.45, 7) is 3.43. The molecule has 7 nitrogen and oxygen atoms in total. The van der Waals surface area contributed by atoms with Gasteiger partial charge < -0.3 is 23.7 Å². The quantitative estimate of drug-likeness (QED) is 0.352. The molecule has 0 fully saturated rings. The highest BCUT2D eigenvalue weighted by Gasteiger charge is 2.18. The van der Waals surface area contributed by atoms with Gasteiger partial charge >= 0.3 is 5.97 Å². The van der Waals surface area contributed by atoms with Crippen LogP contribution in [0.4, 0.5) is 0 Å². The summed E-state index contributed by atoms with van der Waals surface area (Å²) in [6, 6.07) is 9.41. The summed E-state index contributed by atoms with van der Waals surface area (Å²) < 4.78 is 26.1. The van der Waals surface area contributed by atoms with Crippen LogP contribution in [0.5, 0.6) is 23.0 Å². The van der Waals surface area contributed by atoms with Crippen LogP contribution >= 0.6 is 0 Å². The third kappa shape index (κ3) is 5.03. The maximum absolute atomic E-state index is 12.5. The zero-order valence-corrected chi connectivity index (χ0v) is 16.0. The number of esters is 1.